The predicted octanol–water partition coefficient (Wildman–Crippen LogP) is -0.210. The van der Waals surface area contributed by atoms with Crippen molar-refractivity contribution in [3.63, 3.8) is 0 Å². The second-order valence-electron chi connectivity index (χ2n) is 3.93. The monoisotopic (exact) mass is 301 g/mol. The number of anilines is 1. The van der Waals surface area contributed by atoms with Crippen molar-refractivity contribution in [2.75, 3.05) is 12.8 Å². The number of amides is 1. The van der Waals surface area contributed by atoms with Gasteiger partial charge in [-0.25, -0.2) is 9.78 Å². The molecule has 0 saturated heterocycles. The maximum Gasteiger partial charge on any atom is 0.326 e. The summed E-state index contributed by atoms with van der Waals surface area (Å²) in [5.41, 5.74) is 5.90. The highest BCUT2D eigenvalue weighted by Crippen LogP contribution is 2.11. The molecule has 1 heterocycles. The molecule has 110 valence electrons. The van der Waals surface area contributed by atoms with Crippen molar-refractivity contribution in [1.82, 2.24) is 10.3 Å². The Balaban J connectivity index is 2.50. The zero-order valence-electron chi connectivity index (χ0n) is 10.8. The number of aromatic nitrogens is 1. The van der Waals surface area contributed by atoms with Crippen molar-refractivity contribution >= 4 is 34.3 Å². The van der Waals surface area contributed by atoms with Gasteiger partial charge in [-0.15, -0.1) is 11.3 Å². The van der Waals surface area contributed by atoms with E-state index in [-0.39, 0.29) is 19.3 Å². The number of nitrogens with one attached hydrogen (secondary N) is 1. The molecule has 0 aliphatic heterocycles. The van der Waals surface area contributed by atoms with E-state index in [4.69, 9.17) is 10.8 Å². The zero-order valence-corrected chi connectivity index (χ0v) is 11.6. The van der Waals surface area contributed by atoms with Crippen LogP contribution in [-0.2, 0) is 25.5 Å². The molecule has 0 aliphatic rings. The molecule has 1 atom stereocenters. The number of aliphatic carboxylic acids is 1. The van der Waals surface area contributed by atoms with Gasteiger partial charge in [0, 0.05) is 11.8 Å². The van der Waals surface area contributed by atoms with Crippen LogP contribution in [-0.4, -0.2) is 41.1 Å². The number of hydrogen-bond acceptors (Lipinski definition) is 7. The summed E-state index contributed by atoms with van der Waals surface area (Å²) in [6.07, 6.45) is -0.181. The Morgan fingerprint density at radius 1 is 1.55 bits per heavy atom. The molecular weight excluding hydrogens is 286 g/mol. The minimum atomic E-state index is -1.21. The highest BCUT2D eigenvalue weighted by atomic mass is 32.1. The van der Waals surface area contributed by atoms with Crippen LogP contribution in [0.4, 0.5) is 5.13 Å². The summed E-state index contributed by atoms with van der Waals surface area (Å²) in [6.45, 7) is 0. The van der Waals surface area contributed by atoms with Crippen LogP contribution in [0.3, 0.4) is 0 Å². The average molecular weight is 301 g/mol. The van der Waals surface area contributed by atoms with Gasteiger partial charge < -0.3 is 20.9 Å². The Labute approximate surface area is 118 Å². The smallest absolute Gasteiger partial charge is 0.326 e. The van der Waals surface area contributed by atoms with Crippen molar-refractivity contribution in [3.8, 4) is 0 Å². The van der Waals surface area contributed by atoms with Crippen molar-refractivity contribution < 1.29 is 24.2 Å². The minimum Gasteiger partial charge on any atom is -0.480 e. The first-order valence-corrected chi connectivity index (χ1v) is 6.59. The highest BCUT2D eigenvalue weighted by Gasteiger charge is 2.21. The molecule has 0 saturated carbocycles. The van der Waals surface area contributed by atoms with Crippen LogP contribution in [0, 0.1) is 0 Å². The molecule has 1 aromatic heterocycles. The summed E-state index contributed by atoms with van der Waals surface area (Å²) in [7, 11) is 1.21. The fraction of sp³-hybridized carbons (Fsp3) is 0.455. The quantitative estimate of drug-likeness (QED) is 0.594. The second kappa shape index (κ2) is 7.43. The maximum absolute atomic E-state index is 11.7. The molecule has 0 radical (unpaired) electrons. The molecule has 0 spiro atoms. The van der Waals surface area contributed by atoms with Crippen molar-refractivity contribution in [1.29, 1.82) is 0 Å². The highest BCUT2D eigenvalue weighted by molar-refractivity contribution is 7.13. The van der Waals surface area contributed by atoms with E-state index in [2.05, 4.69) is 15.0 Å². The summed E-state index contributed by atoms with van der Waals surface area (Å²) in [4.78, 5) is 37.5. The molecule has 20 heavy (non-hydrogen) atoms. The van der Waals surface area contributed by atoms with Gasteiger partial charge in [-0.05, 0) is 6.42 Å². The molecule has 1 aromatic rings. The third kappa shape index (κ3) is 5.22. The number of methoxy groups -OCH3 is 1. The topological polar surface area (TPSA) is 132 Å². The molecular formula is C11H15N3O5S. The number of hydrogen-bond donors (Lipinski definition) is 3. The zero-order chi connectivity index (χ0) is 15.1. The molecule has 1 amide bonds. The number of carbonyl (C=O) groups is 3. The Hall–Kier alpha value is -2.16. The summed E-state index contributed by atoms with van der Waals surface area (Å²) < 4.78 is 4.42. The lowest BCUT2D eigenvalue weighted by Gasteiger charge is -2.13. The maximum atomic E-state index is 11.7. The first kappa shape index (κ1) is 15.9. The fourth-order valence-corrected chi connectivity index (χ4v) is 2.00. The van der Waals surface area contributed by atoms with E-state index in [0.717, 1.165) is 0 Å². The van der Waals surface area contributed by atoms with Crippen LogP contribution < -0.4 is 11.1 Å². The summed E-state index contributed by atoms with van der Waals surface area (Å²) in [5.74, 6) is -2.23. The van der Waals surface area contributed by atoms with E-state index in [9.17, 15) is 14.4 Å². The van der Waals surface area contributed by atoms with E-state index >= 15 is 0 Å². The standard InChI is InChI=1S/C11H15N3O5S/c1-19-9(16)3-2-7(10(17)18)14-8(15)4-6-5-20-11(12)13-6/h5,7H,2-4H2,1H3,(H2,12,13)(H,14,15)(H,17,18)/t7-/m0/s1. The molecule has 9 heteroatoms. The number of rotatable bonds is 7. The van der Waals surface area contributed by atoms with Gasteiger partial charge in [0.05, 0.1) is 19.2 Å². The Morgan fingerprint density at radius 3 is 2.75 bits per heavy atom. The molecule has 0 aliphatic carbocycles. The van der Waals surface area contributed by atoms with Crippen molar-refractivity contribution in [2.45, 2.75) is 25.3 Å². The lowest BCUT2D eigenvalue weighted by Crippen LogP contribution is -2.41. The number of thiazole rings is 1. The first-order chi connectivity index (χ1) is 9.42. The van der Waals surface area contributed by atoms with Crippen LogP contribution >= 0.6 is 11.3 Å². The minimum absolute atomic E-state index is 0.0348. The van der Waals surface area contributed by atoms with E-state index in [1.54, 1.807) is 5.38 Å². The molecule has 0 aromatic carbocycles. The SMILES string of the molecule is COC(=O)CC[C@H](NC(=O)Cc1csc(N)n1)C(=O)O. The van der Waals surface area contributed by atoms with Gasteiger partial charge in [-0.1, -0.05) is 0 Å². The number of nitrogens with zero attached hydrogens (tertiary/aromatic N) is 1. The Morgan fingerprint density at radius 2 is 2.25 bits per heavy atom. The van der Waals surface area contributed by atoms with E-state index in [1.165, 1.54) is 18.4 Å². The molecule has 0 bridgehead atoms. The molecule has 4 N–H and O–H groups in total. The van der Waals surface area contributed by atoms with Crippen LogP contribution in [0.2, 0.25) is 0 Å². The van der Waals surface area contributed by atoms with E-state index < -0.39 is 23.9 Å². The number of esters is 1. The fourth-order valence-electron chi connectivity index (χ4n) is 1.44. The molecule has 0 unspecified atom stereocenters. The first-order valence-electron chi connectivity index (χ1n) is 5.71. The molecule has 1 rings (SSSR count). The molecule has 8 nitrogen and oxygen atoms in total. The number of carbonyl (C=O) groups excluding carboxylic acids is 2. The normalized spacial score (nSPS) is 11.7. The van der Waals surface area contributed by atoms with Gasteiger partial charge >= 0.3 is 11.9 Å². The molecule has 0 fully saturated rings. The largest absolute Gasteiger partial charge is 0.480 e. The third-order valence-electron chi connectivity index (χ3n) is 2.41. The van der Waals surface area contributed by atoms with Crippen LogP contribution in [0.25, 0.3) is 0 Å². The lowest BCUT2D eigenvalue weighted by molar-refractivity contribution is -0.144. The van der Waals surface area contributed by atoms with Gasteiger partial charge in [-0.2, -0.15) is 0 Å². The lowest BCUT2D eigenvalue weighted by atomic mass is 10.1. The van der Waals surface area contributed by atoms with Crippen LogP contribution in [0.1, 0.15) is 18.5 Å². The van der Waals surface area contributed by atoms with Gasteiger partial charge in [-0.3, -0.25) is 9.59 Å². The predicted molar refractivity (Wildman–Crippen MR) is 71.0 cm³/mol. The van der Waals surface area contributed by atoms with Gasteiger partial charge in [0.2, 0.25) is 5.91 Å². The van der Waals surface area contributed by atoms with Crippen LogP contribution in [0.5, 0.6) is 0 Å². The van der Waals surface area contributed by atoms with Crippen molar-refractivity contribution in [2.24, 2.45) is 0 Å². The van der Waals surface area contributed by atoms with E-state index in [0.29, 0.717) is 10.8 Å². The van der Waals surface area contributed by atoms with Gasteiger partial charge in [0.1, 0.15) is 6.04 Å². The van der Waals surface area contributed by atoms with Gasteiger partial charge in [0.25, 0.3) is 0 Å². The Kier molecular flexibility index (Phi) is 5.91. The van der Waals surface area contributed by atoms with Gasteiger partial charge in [0.15, 0.2) is 5.13 Å². The van der Waals surface area contributed by atoms with Crippen LogP contribution in [0.15, 0.2) is 5.38 Å². The summed E-state index contributed by atoms with van der Waals surface area (Å²) in [5, 5.41) is 13.3. The number of ether oxygens (including phenoxy) is 1. The average Bonchev–Trinajstić information content (AvgIpc) is 2.78. The summed E-state index contributed by atoms with van der Waals surface area (Å²) in [6, 6.07) is -1.14. The third-order valence-corrected chi connectivity index (χ3v) is 3.13. The number of nitrogen functional groups attached to an aromatic ring is 1. The van der Waals surface area contributed by atoms with Crippen molar-refractivity contribution in [3.05, 3.63) is 11.1 Å². The second-order valence-corrected chi connectivity index (χ2v) is 4.82. The number of carboxylic acid groups (broad SMARTS) is 1. The summed E-state index contributed by atoms with van der Waals surface area (Å²) >= 11 is 1.20. The van der Waals surface area contributed by atoms with E-state index in [1.807, 2.05) is 0 Å². The number of carboxylic acids is 1. The Bertz CT molecular complexity index is 502. The number of nitrogens with two attached hydrogens (primary N) is 1.